The van der Waals surface area contributed by atoms with Crippen LogP contribution in [0.3, 0.4) is 0 Å². The number of fused-ring (bicyclic) bond motifs is 1. The lowest BCUT2D eigenvalue weighted by atomic mass is 10.0. The molecule has 160 valence electrons. The summed E-state index contributed by atoms with van der Waals surface area (Å²) in [7, 11) is 0. The standard InChI is InChI=1S/C23H22ClN3O4/c1-13-2-5-16(11-18(13)24)25-20(28)8-4-14-3-6-17-15(10-14)12-27(23(17)31)19-7-9-21(29)26-22(19)30/h2-3,5-6,10-11,19H,4,7-9,12H2,1H3,(H,25,28)(H,26,29,30). The molecule has 2 heterocycles. The van der Waals surface area contributed by atoms with Gasteiger partial charge in [0.15, 0.2) is 0 Å². The summed E-state index contributed by atoms with van der Waals surface area (Å²) in [5.74, 6) is -1.06. The quantitative estimate of drug-likeness (QED) is 0.700. The highest BCUT2D eigenvalue weighted by Gasteiger charge is 2.39. The van der Waals surface area contributed by atoms with E-state index in [1.165, 1.54) is 4.90 Å². The monoisotopic (exact) mass is 439 g/mol. The van der Waals surface area contributed by atoms with E-state index >= 15 is 0 Å². The molecule has 1 saturated heterocycles. The second-order valence-corrected chi connectivity index (χ2v) is 8.31. The number of carbonyl (C=O) groups is 4. The van der Waals surface area contributed by atoms with Crippen LogP contribution in [0.5, 0.6) is 0 Å². The van der Waals surface area contributed by atoms with Crippen molar-refractivity contribution in [3.05, 3.63) is 63.7 Å². The van der Waals surface area contributed by atoms with Gasteiger partial charge in [-0.15, -0.1) is 0 Å². The van der Waals surface area contributed by atoms with Crippen LogP contribution in [0.15, 0.2) is 36.4 Å². The van der Waals surface area contributed by atoms with Crippen molar-refractivity contribution in [2.24, 2.45) is 0 Å². The molecule has 1 atom stereocenters. The number of amides is 4. The van der Waals surface area contributed by atoms with Gasteiger partial charge < -0.3 is 10.2 Å². The highest BCUT2D eigenvalue weighted by molar-refractivity contribution is 6.31. The number of piperidine rings is 1. The fraction of sp³-hybridized carbons (Fsp3) is 0.304. The summed E-state index contributed by atoms with van der Waals surface area (Å²) in [6, 6.07) is 10.2. The Kier molecular flexibility index (Phi) is 5.78. The van der Waals surface area contributed by atoms with Crippen LogP contribution in [0.2, 0.25) is 5.02 Å². The summed E-state index contributed by atoms with van der Waals surface area (Å²) in [5.41, 5.74) is 3.93. The van der Waals surface area contributed by atoms with E-state index in [-0.39, 0.29) is 30.6 Å². The predicted molar refractivity (Wildman–Crippen MR) is 116 cm³/mol. The molecule has 4 amide bonds. The van der Waals surface area contributed by atoms with E-state index in [1.54, 1.807) is 12.1 Å². The van der Waals surface area contributed by atoms with Crippen molar-refractivity contribution in [3.8, 4) is 0 Å². The van der Waals surface area contributed by atoms with Gasteiger partial charge in [-0.1, -0.05) is 29.8 Å². The zero-order valence-electron chi connectivity index (χ0n) is 17.0. The molecule has 7 nitrogen and oxygen atoms in total. The maximum absolute atomic E-state index is 12.7. The number of hydrogen-bond acceptors (Lipinski definition) is 4. The van der Waals surface area contributed by atoms with Gasteiger partial charge in [-0.25, -0.2) is 0 Å². The molecule has 8 heteroatoms. The summed E-state index contributed by atoms with van der Waals surface area (Å²) >= 11 is 6.10. The van der Waals surface area contributed by atoms with Crippen LogP contribution in [-0.2, 0) is 27.3 Å². The minimum Gasteiger partial charge on any atom is -0.326 e. The SMILES string of the molecule is Cc1ccc(NC(=O)CCc2ccc3c(c2)CN(C2CCC(=O)NC2=O)C3=O)cc1Cl. The van der Waals surface area contributed by atoms with Crippen LogP contribution in [0.25, 0.3) is 0 Å². The van der Waals surface area contributed by atoms with Crippen LogP contribution in [0.4, 0.5) is 5.69 Å². The molecule has 1 fully saturated rings. The number of nitrogens with zero attached hydrogens (tertiary/aromatic N) is 1. The number of imide groups is 1. The first-order valence-corrected chi connectivity index (χ1v) is 10.5. The number of halogens is 1. The number of carbonyl (C=O) groups excluding carboxylic acids is 4. The van der Waals surface area contributed by atoms with E-state index in [0.717, 1.165) is 16.7 Å². The van der Waals surface area contributed by atoms with Crippen molar-refractivity contribution < 1.29 is 19.2 Å². The molecule has 2 N–H and O–H groups in total. The van der Waals surface area contributed by atoms with Crippen molar-refractivity contribution in [1.29, 1.82) is 0 Å². The Balaban J connectivity index is 1.38. The summed E-state index contributed by atoms with van der Waals surface area (Å²) in [6.45, 7) is 2.22. The van der Waals surface area contributed by atoms with Crippen LogP contribution < -0.4 is 10.6 Å². The van der Waals surface area contributed by atoms with E-state index in [4.69, 9.17) is 11.6 Å². The van der Waals surface area contributed by atoms with Gasteiger partial charge in [0.05, 0.1) is 0 Å². The van der Waals surface area contributed by atoms with Crippen molar-refractivity contribution in [1.82, 2.24) is 10.2 Å². The first-order valence-electron chi connectivity index (χ1n) is 10.1. The number of nitrogens with one attached hydrogen (secondary N) is 2. The van der Waals surface area contributed by atoms with E-state index in [9.17, 15) is 19.2 Å². The molecule has 0 aliphatic carbocycles. The Hall–Kier alpha value is -3.19. The third-order valence-corrected chi connectivity index (χ3v) is 6.09. The van der Waals surface area contributed by atoms with E-state index < -0.39 is 11.9 Å². The normalized spacial score (nSPS) is 18.1. The van der Waals surface area contributed by atoms with Gasteiger partial charge in [-0.05, 0) is 54.7 Å². The van der Waals surface area contributed by atoms with Gasteiger partial charge in [0.25, 0.3) is 5.91 Å². The number of benzene rings is 2. The van der Waals surface area contributed by atoms with Gasteiger partial charge in [0.2, 0.25) is 17.7 Å². The fourth-order valence-electron chi connectivity index (χ4n) is 3.94. The number of aryl methyl sites for hydroxylation is 2. The molecule has 31 heavy (non-hydrogen) atoms. The minimum atomic E-state index is -0.631. The second kappa shape index (κ2) is 8.51. The van der Waals surface area contributed by atoms with Crippen LogP contribution in [-0.4, -0.2) is 34.6 Å². The summed E-state index contributed by atoms with van der Waals surface area (Å²) in [5, 5.41) is 5.74. The highest BCUT2D eigenvalue weighted by atomic mass is 35.5. The van der Waals surface area contributed by atoms with Gasteiger partial charge in [0, 0.05) is 35.7 Å². The van der Waals surface area contributed by atoms with Gasteiger partial charge >= 0.3 is 0 Å². The lowest BCUT2D eigenvalue weighted by Gasteiger charge is -2.29. The first-order chi connectivity index (χ1) is 14.8. The van der Waals surface area contributed by atoms with Crippen molar-refractivity contribution in [2.45, 2.75) is 45.2 Å². The van der Waals surface area contributed by atoms with Crippen LogP contribution in [0, 0.1) is 6.92 Å². The topological polar surface area (TPSA) is 95.6 Å². The Bertz CT molecular complexity index is 1100. The molecule has 1 unspecified atom stereocenters. The molecular weight excluding hydrogens is 418 g/mol. The Morgan fingerprint density at radius 1 is 1.19 bits per heavy atom. The largest absolute Gasteiger partial charge is 0.326 e. The Morgan fingerprint density at radius 3 is 2.74 bits per heavy atom. The summed E-state index contributed by atoms with van der Waals surface area (Å²) in [6.07, 6.45) is 1.37. The van der Waals surface area contributed by atoms with Crippen LogP contribution in [0.1, 0.15) is 46.3 Å². The van der Waals surface area contributed by atoms with Crippen LogP contribution >= 0.6 is 11.6 Å². The van der Waals surface area contributed by atoms with E-state index in [1.807, 2.05) is 31.2 Å². The number of anilines is 1. The first kappa shape index (κ1) is 21.1. The summed E-state index contributed by atoms with van der Waals surface area (Å²) in [4.78, 5) is 50.1. The molecule has 0 radical (unpaired) electrons. The molecule has 4 rings (SSSR count). The van der Waals surface area contributed by atoms with E-state index in [0.29, 0.717) is 35.7 Å². The molecule has 2 aliphatic heterocycles. The maximum Gasteiger partial charge on any atom is 0.255 e. The average Bonchev–Trinajstić information content (AvgIpc) is 3.05. The smallest absolute Gasteiger partial charge is 0.255 e. The number of hydrogen-bond donors (Lipinski definition) is 2. The average molecular weight is 440 g/mol. The summed E-state index contributed by atoms with van der Waals surface area (Å²) < 4.78 is 0. The Morgan fingerprint density at radius 2 is 2.00 bits per heavy atom. The van der Waals surface area contributed by atoms with Gasteiger partial charge in [0.1, 0.15) is 6.04 Å². The van der Waals surface area contributed by atoms with Crippen molar-refractivity contribution >= 4 is 40.9 Å². The third-order valence-electron chi connectivity index (χ3n) is 5.68. The molecule has 0 saturated carbocycles. The molecule has 0 aromatic heterocycles. The predicted octanol–water partition coefficient (Wildman–Crippen LogP) is 2.98. The fourth-order valence-corrected chi connectivity index (χ4v) is 4.12. The van der Waals surface area contributed by atoms with Crippen molar-refractivity contribution in [3.63, 3.8) is 0 Å². The highest BCUT2D eigenvalue weighted by Crippen LogP contribution is 2.28. The Labute approximate surface area is 184 Å². The number of rotatable bonds is 5. The van der Waals surface area contributed by atoms with E-state index in [2.05, 4.69) is 10.6 Å². The molecular formula is C23H22ClN3O4. The molecule has 0 spiro atoms. The minimum absolute atomic E-state index is 0.123. The molecule has 2 aromatic rings. The zero-order valence-corrected chi connectivity index (χ0v) is 17.8. The van der Waals surface area contributed by atoms with Gasteiger partial charge in [-0.3, -0.25) is 24.5 Å². The second-order valence-electron chi connectivity index (χ2n) is 7.90. The molecule has 0 bridgehead atoms. The lowest BCUT2D eigenvalue weighted by Crippen LogP contribution is -2.52. The zero-order chi connectivity index (χ0) is 22.1. The van der Waals surface area contributed by atoms with Gasteiger partial charge in [-0.2, -0.15) is 0 Å². The molecule has 2 aliphatic rings. The van der Waals surface area contributed by atoms with Crippen molar-refractivity contribution in [2.75, 3.05) is 5.32 Å². The maximum atomic E-state index is 12.7. The third kappa shape index (κ3) is 4.46. The lowest BCUT2D eigenvalue weighted by molar-refractivity contribution is -0.137. The molecule has 2 aromatic carbocycles.